The van der Waals surface area contributed by atoms with Gasteiger partial charge in [0.2, 0.25) is 5.89 Å². The Balaban J connectivity index is 2.04. The predicted octanol–water partition coefficient (Wildman–Crippen LogP) is 2.50. The lowest BCUT2D eigenvalue weighted by molar-refractivity contribution is 0.394. The molecule has 2 aromatic rings. The summed E-state index contributed by atoms with van der Waals surface area (Å²) in [5, 5.41) is 3.43. The smallest absolute Gasteiger partial charge is 0.212 e. The van der Waals surface area contributed by atoms with Gasteiger partial charge >= 0.3 is 0 Å². The van der Waals surface area contributed by atoms with Crippen molar-refractivity contribution in [3.8, 4) is 0 Å². The van der Waals surface area contributed by atoms with E-state index in [9.17, 15) is 0 Å². The molecule has 1 aromatic carbocycles. The lowest BCUT2D eigenvalue weighted by Gasteiger charge is -2.10. The standard InChI is InChI=1S/C12H14N2O/c1-8-6-7-13-11(8)12-14-9-4-2-3-5-10(9)15-12/h2-5,8,11,13H,6-7H2,1H3. The summed E-state index contributed by atoms with van der Waals surface area (Å²) in [5.41, 5.74) is 1.84. The zero-order valence-electron chi connectivity index (χ0n) is 8.73. The van der Waals surface area contributed by atoms with Gasteiger partial charge in [0.1, 0.15) is 5.52 Å². The van der Waals surface area contributed by atoms with Gasteiger partial charge in [0, 0.05) is 0 Å². The Hall–Kier alpha value is -1.35. The molecule has 1 saturated heterocycles. The van der Waals surface area contributed by atoms with Gasteiger partial charge in [0.25, 0.3) is 0 Å². The highest BCUT2D eigenvalue weighted by molar-refractivity contribution is 5.72. The SMILES string of the molecule is CC1CCNC1c1nc2ccccc2o1. The molecular formula is C12H14N2O. The molecule has 1 N–H and O–H groups in total. The topological polar surface area (TPSA) is 38.1 Å². The van der Waals surface area contributed by atoms with Crippen LogP contribution in [0.25, 0.3) is 11.1 Å². The summed E-state index contributed by atoms with van der Waals surface area (Å²) in [6, 6.07) is 8.20. The molecule has 3 heteroatoms. The fourth-order valence-corrected chi connectivity index (χ4v) is 2.19. The van der Waals surface area contributed by atoms with Crippen LogP contribution in [0.1, 0.15) is 25.3 Å². The molecule has 0 radical (unpaired) electrons. The summed E-state index contributed by atoms with van der Waals surface area (Å²) in [6.07, 6.45) is 1.20. The van der Waals surface area contributed by atoms with Crippen LogP contribution < -0.4 is 5.32 Å². The van der Waals surface area contributed by atoms with Gasteiger partial charge in [-0.2, -0.15) is 0 Å². The van der Waals surface area contributed by atoms with Gasteiger partial charge in [-0.15, -0.1) is 0 Å². The van der Waals surface area contributed by atoms with Gasteiger partial charge in [0.15, 0.2) is 5.58 Å². The van der Waals surface area contributed by atoms with Crippen LogP contribution in [0, 0.1) is 5.92 Å². The summed E-state index contributed by atoms with van der Waals surface area (Å²) in [4.78, 5) is 4.52. The lowest BCUT2D eigenvalue weighted by atomic mass is 10.0. The second-order valence-electron chi connectivity index (χ2n) is 4.22. The van der Waals surface area contributed by atoms with Crippen molar-refractivity contribution in [3.63, 3.8) is 0 Å². The molecule has 1 aromatic heterocycles. The van der Waals surface area contributed by atoms with Gasteiger partial charge in [0.05, 0.1) is 6.04 Å². The summed E-state index contributed by atoms with van der Waals surface area (Å²) in [5.74, 6) is 1.44. The van der Waals surface area contributed by atoms with E-state index in [-0.39, 0.29) is 6.04 Å². The largest absolute Gasteiger partial charge is 0.439 e. The third-order valence-corrected chi connectivity index (χ3v) is 3.11. The van der Waals surface area contributed by atoms with Gasteiger partial charge in [-0.25, -0.2) is 4.98 Å². The van der Waals surface area contributed by atoms with E-state index in [1.54, 1.807) is 0 Å². The molecule has 3 rings (SSSR count). The van der Waals surface area contributed by atoms with Crippen LogP contribution in [0.5, 0.6) is 0 Å². The van der Waals surface area contributed by atoms with Gasteiger partial charge < -0.3 is 9.73 Å². The first-order valence-electron chi connectivity index (χ1n) is 5.43. The van der Waals surface area contributed by atoms with E-state index in [0.29, 0.717) is 5.92 Å². The Labute approximate surface area is 88.5 Å². The van der Waals surface area contributed by atoms with Crippen molar-refractivity contribution in [3.05, 3.63) is 30.2 Å². The molecule has 2 atom stereocenters. The molecule has 1 aliphatic heterocycles. The number of rotatable bonds is 1. The van der Waals surface area contributed by atoms with Crippen molar-refractivity contribution >= 4 is 11.1 Å². The summed E-state index contributed by atoms with van der Waals surface area (Å²) < 4.78 is 5.75. The van der Waals surface area contributed by atoms with Crippen LogP contribution in [0.15, 0.2) is 28.7 Å². The van der Waals surface area contributed by atoms with Crippen molar-refractivity contribution in [1.29, 1.82) is 0 Å². The molecule has 1 aliphatic rings. The van der Waals surface area contributed by atoms with E-state index >= 15 is 0 Å². The Bertz CT molecular complexity index is 444. The molecule has 3 nitrogen and oxygen atoms in total. The van der Waals surface area contributed by atoms with Crippen molar-refractivity contribution in [1.82, 2.24) is 10.3 Å². The Morgan fingerprint density at radius 3 is 3.00 bits per heavy atom. The van der Waals surface area contributed by atoms with Crippen molar-refractivity contribution in [2.24, 2.45) is 5.92 Å². The van der Waals surface area contributed by atoms with Gasteiger partial charge in [-0.3, -0.25) is 0 Å². The predicted molar refractivity (Wildman–Crippen MR) is 58.5 cm³/mol. The highest BCUT2D eigenvalue weighted by Crippen LogP contribution is 2.30. The molecule has 2 heterocycles. The Morgan fingerprint density at radius 1 is 1.40 bits per heavy atom. The minimum atomic E-state index is 0.289. The number of fused-ring (bicyclic) bond motifs is 1. The normalized spacial score (nSPS) is 26.2. The van der Waals surface area contributed by atoms with Gasteiger partial charge in [-0.05, 0) is 31.0 Å². The number of nitrogens with one attached hydrogen (secondary N) is 1. The van der Waals surface area contributed by atoms with Crippen molar-refractivity contribution in [2.45, 2.75) is 19.4 Å². The number of hydrogen-bond donors (Lipinski definition) is 1. The number of hydrogen-bond acceptors (Lipinski definition) is 3. The molecule has 78 valence electrons. The van der Waals surface area contributed by atoms with Crippen LogP contribution >= 0.6 is 0 Å². The zero-order chi connectivity index (χ0) is 10.3. The van der Waals surface area contributed by atoms with Crippen LogP contribution in [0.4, 0.5) is 0 Å². The first kappa shape index (κ1) is 8.92. The molecule has 0 spiro atoms. The fraction of sp³-hybridized carbons (Fsp3) is 0.417. The second kappa shape index (κ2) is 3.35. The van der Waals surface area contributed by atoms with Crippen molar-refractivity contribution in [2.75, 3.05) is 6.54 Å². The van der Waals surface area contributed by atoms with E-state index < -0.39 is 0 Å². The summed E-state index contributed by atoms with van der Waals surface area (Å²) in [6.45, 7) is 3.30. The number of benzene rings is 1. The minimum Gasteiger partial charge on any atom is -0.439 e. The van der Waals surface area contributed by atoms with Crippen LogP contribution in [-0.4, -0.2) is 11.5 Å². The van der Waals surface area contributed by atoms with Crippen molar-refractivity contribution < 1.29 is 4.42 Å². The maximum absolute atomic E-state index is 5.75. The zero-order valence-corrected chi connectivity index (χ0v) is 8.73. The molecule has 0 bridgehead atoms. The van der Waals surface area contributed by atoms with E-state index in [4.69, 9.17) is 4.42 Å². The molecule has 0 amide bonds. The minimum absolute atomic E-state index is 0.289. The first-order chi connectivity index (χ1) is 7.34. The van der Waals surface area contributed by atoms with E-state index in [1.165, 1.54) is 6.42 Å². The second-order valence-corrected chi connectivity index (χ2v) is 4.22. The van der Waals surface area contributed by atoms with E-state index in [0.717, 1.165) is 23.5 Å². The molecule has 15 heavy (non-hydrogen) atoms. The van der Waals surface area contributed by atoms with E-state index in [2.05, 4.69) is 17.2 Å². The highest BCUT2D eigenvalue weighted by Gasteiger charge is 2.28. The monoisotopic (exact) mass is 202 g/mol. The highest BCUT2D eigenvalue weighted by atomic mass is 16.3. The first-order valence-corrected chi connectivity index (χ1v) is 5.43. The third kappa shape index (κ3) is 1.43. The molecular weight excluding hydrogens is 188 g/mol. The third-order valence-electron chi connectivity index (χ3n) is 3.11. The number of aromatic nitrogens is 1. The summed E-state index contributed by atoms with van der Waals surface area (Å²) in [7, 11) is 0. The summed E-state index contributed by atoms with van der Waals surface area (Å²) >= 11 is 0. The van der Waals surface area contributed by atoms with Crippen LogP contribution in [0.3, 0.4) is 0 Å². The Kier molecular flexibility index (Phi) is 1.99. The average molecular weight is 202 g/mol. The lowest BCUT2D eigenvalue weighted by Crippen LogP contribution is -2.16. The van der Waals surface area contributed by atoms with Crippen LogP contribution in [-0.2, 0) is 0 Å². The van der Waals surface area contributed by atoms with E-state index in [1.807, 2.05) is 24.3 Å². The quantitative estimate of drug-likeness (QED) is 0.772. The average Bonchev–Trinajstić information content (AvgIpc) is 2.82. The molecule has 0 saturated carbocycles. The molecule has 0 aliphatic carbocycles. The fourth-order valence-electron chi connectivity index (χ4n) is 2.19. The maximum atomic E-state index is 5.75. The maximum Gasteiger partial charge on any atom is 0.212 e. The Morgan fingerprint density at radius 2 is 2.27 bits per heavy atom. The number of para-hydroxylation sites is 2. The number of oxazole rings is 1. The number of nitrogens with zero attached hydrogens (tertiary/aromatic N) is 1. The molecule has 1 fully saturated rings. The van der Waals surface area contributed by atoms with Crippen LogP contribution in [0.2, 0.25) is 0 Å². The molecule has 2 unspecified atom stereocenters. The van der Waals surface area contributed by atoms with Gasteiger partial charge in [-0.1, -0.05) is 19.1 Å².